The Morgan fingerprint density at radius 3 is 2.56 bits per heavy atom. The van der Waals surface area contributed by atoms with E-state index in [0.29, 0.717) is 24.7 Å². The van der Waals surface area contributed by atoms with Crippen LogP contribution in [0, 0.1) is 5.92 Å². The van der Waals surface area contributed by atoms with Gasteiger partial charge in [-0.1, -0.05) is 30.3 Å². The van der Waals surface area contributed by atoms with Crippen LogP contribution >= 0.6 is 0 Å². The molecule has 2 aliphatic rings. The van der Waals surface area contributed by atoms with Crippen molar-refractivity contribution in [2.45, 2.75) is 31.2 Å². The van der Waals surface area contributed by atoms with Crippen LogP contribution in [0.3, 0.4) is 0 Å². The van der Waals surface area contributed by atoms with E-state index in [1.54, 1.807) is 11.0 Å². The summed E-state index contributed by atoms with van der Waals surface area (Å²) in [5.74, 6) is 0.00268. The summed E-state index contributed by atoms with van der Waals surface area (Å²) in [6.45, 7) is 1.09. The van der Waals surface area contributed by atoms with Gasteiger partial charge in [0.15, 0.2) is 0 Å². The van der Waals surface area contributed by atoms with Crippen LogP contribution in [-0.4, -0.2) is 35.8 Å². The van der Waals surface area contributed by atoms with E-state index in [1.165, 1.54) is 18.1 Å². The predicted molar refractivity (Wildman–Crippen MR) is 93.1 cm³/mol. The third kappa shape index (κ3) is 3.60. The zero-order chi connectivity index (χ0) is 17.2. The molecule has 4 rings (SSSR count). The van der Waals surface area contributed by atoms with Crippen molar-refractivity contribution in [3.8, 4) is 0 Å². The van der Waals surface area contributed by atoms with E-state index in [1.807, 2.05) is 18.2 Å². The highest BCUT2D eigenvalue weighted by molar-refractivity contribution is 5.94. The molecule has 1 aliphatic heterocycles. The van der Waals surface area contributed by atoms with Gasteiger partial charge in [-0.15, -0.1) is 0 Å². The van der Waals surface area contributed by atoms with Crippen molar-refractivity contribution in [3.05, 3.63) is 60.1 Å². The van der Waals surface area contributed by atoms with Gasteiger partial charge >= 0.3 is 0 Å². The van der Waals surface area contributed by atoms with Crippen LogP contribution < -0.4 is 5.32 Å². The summed E-state index contributed by atoms with van der Waals surface area (Å²) in [5.41, 5.74) is 1.71. The van der Waals surface area contributed by atoms with Gasteiger partial charge in [0.2, 0.25) is 5.91 Å². The lowest BCUT2D eigenvalue weighted by Gasteiger charge is -2.37. The van der Waals surface area contributed by atoms with Gasteiger partial charge in [-0.2, -0.15) is 0 Å². The molecule has 1 aromatic carbocycles. The Hall–Kier alpha value is -2.56. The number of carbonyl (C=O) groups excluding carboxylic acids is 2. The second kappa shape index (κ2) is 6.75. The molecule has 2 fully saturated rings. The second-order valence-corrected chi connectivity index (χ2v) is 7.05. The lowest BCUT2D eigenvalue weighted by molar-refractivity contribution is -0.126. The number of piperidine rings is 1. The highest BCUT2D eigenvalue weighted by atomic mass is 16.3. The maximum absolute atomic E-state index is 12.8. The monoisotopic (exact) mass is 338 g/mol. The Labute approximate surface area is 147 Å². The predicted octanol–water partition coefficient (Wildman–Crippen LogP) is 2.80. The number of nitrogens with one attached hydrogen (secondary N) is 1. The Morgan fingerprint density at radius 2 is 1.88 bits per heavy atom. The topological polar surface area (TPSA) is 62.6 Å². The fourth-order valence-corrected chi connectivity index (χ4v) is 3.54. The van der Waals surface area contributed by atoms with E-state index in [9.17, 15) is 9.59 Å². The van der Waals surface area contributed by atoms with Crippen LogP contribution in [0.5, 0.6) is 0 Å². The summed E-state index contributed by atoms with van der Waals surface area (Å²) in [5, 5.41) is 3.09. The molecule has 1 aromatic heterocycles. The molecule has 2 unspecified atom stereocenters. The Balaban J connectivity index is 1.55. The molecule has 5 heteroatoms. The summed E-state index contributed by atoms with van der Waals surface area (Å²) in [6, 6.07) is 12.2. The number of hydrogen-bond donors (Lipinski definition) is 1. The van der Waals surface area contributed by atoms with Crippen LogP contribution in [0.15, 0.2) is 53.3 Å². The molecule has 130 valence electrons. The van der Waals surface area contributed by atoms with Gasteiger partial charge < -0.3 is 14.6 Å². The normalized spacial score (nSPS) is 23.3. The molecular weight excluding hydrogens is 316 g/mol. The zero-order valence-corrected chi connectivity index (χ0v) is 14.1. The molecule has 2 atom stereocenters. The van der Waals surface area contributed by atoms with Crippen LogP contribution in [0.1, 0.15) is 41.1 Å². The molecule has 0 bridgehead atoms. The first-order valence-electron chi connectivity index (χ1n) is 8.87. The average molecular weight is 338 g/mol. The molecular formula is C20H22N2O3. The minimum absolute atomic E-state index is 0.0707. The molecule has 1 N–H and O–H groups in total. The van der Waals surface area contributed by atoms with Crippen molar-refractivity contribution in [3.63, 3.8) is 0 Å². The van der Waals surface area contributed by atoms with Gasteiger partial charge in [0.1, 0.15) is 6.26 Å². The maximum Gasteiger partial charge on any atom is 0.257 e. The molecule has 2 amide bonds. The average Bonchev–Trinajstić information content (AvgIpc) is 3.30. The lowest BCUT2D eigenvalue weighted by atomic mass is 9.84. The van der Waals surface area contributed by atoms with Crippen molar-refractivity contribution < 1.29 is 14.0 Å². The van der Waals surface area contributed by atoms with Crippen LogP contribution in [0.25, 0.3) is 0 Å². The van der Waals surface area contributed by atoms with E-state index < -0.39 is 0 Å². The van der Waals surface area contributed by atoms with E-state index >= 15 is 0 Å². The van der Waals surface area contributed by atoms with Gasteiger partial charge in [-0.25, -0.2) is 0 Å². The molecule has 5 nitrogen and oxygen atoms in total. The molecule has 2 aromatic rings. The van der Waals surface area contributed by atoms with Gasteiger partial charge in [-0.3, -0.25) is 9.59 Å². The first-order chi connectivity index (χ1) is 12.2. The van der Waals surface area contributed by atoms with Crippen LogP contribution in [0.2, 0.25) is 0 Å². The maximum atomic E-state index is 12.8. The van der Waals surface area contributed by atoms with E-state index in [0.717, 1.165) is 19.3 Å². The molecule has 25 heavy (non-hydrogen) atoms. The molecule has 1 saturated carbocycles. The summed E-state index contributed by atoms with van der Waals surface area (Å²) >= 11 is 0. The molecule has 1 saturated heterocycles. The lowest BCUT2D eigenvalue weighted by Crippen LogP contribution is -2.48. The number of carbonyl (C=O) groups is 2. The summed E-state index contributed by atoms with van der Waals surface area (Å²) in [7, 11) is 0. The fourth-order valence-electron chi connectivity index (χ4n) is 3.54. The Bertz CT molecular complexity index is 738. The van der Waals surface area contributed by atoms with Crippen molar-refractivity contribution in [2.75, 3.05) is 13.1 Å². The van der Waals surface area contributed by atoms with Gasteiger partial charge in [0, 0.05) is 25.0 Å². The Kier molecular flexibility index (Phi) is 4.30. The zero-order valence-electron chi connectivity index (χ0n) is 14.1. The van der Waals surface area contributed by atoms with Gasteiger partial charge in [-0.05, 0) is 30.9 Å². The van der Waals surface area contributed by atoms with Crippen molar-refractivity contribution >= 4 is 11.8 Å². The SMILES string of the molecule is O=C(NC1CC1)C1CC(c2ccccc2)CN(C(=O)c2ccoc2)C1. The number of nitrogens with zero attached hydrogens (tertiary/aromatic N) is 1. The van der Waals surface area contributed by atoms with Crippen LogP contribution in [-0.2, 0) is 4.79 Å². The second-order valence-electron chi connectivity index (χ2n) is 7.05. The smallest absolute Gasteiger partial charge is 0.257 e. The third-order valence-corrected chi connectivity index (χ3v) is 5.07. The quantitative estimate of drug-likeness (QED) is 0.932. The van der Waals surface area contributed by atoms with Crippen molar-refractivity contribution in [1.29, 1.82) is 0 Å². The highest BCUT2D eigenvalue weighted by Gasteiger charge is 2.36. The van der Waals surface area contributed by atoms with Crippen LogP contribution in [0.4, 0.5) is 0 Å². The number of rotatable bonds is 4. The summed E-state index contributed by atoms with van der Waals surface area (Å²) in [6.07, 6.45) is 5.88. The number of amides is 2. The van der Waals surface area contributed by atoms with Crippen molar-refractivity contribution in [2.24, 2.45) is 5.92 Å². The number of benzene rings is 1. The van der Waals surface area contributed by atoms with Crippen molar-refractivity contribution in [1.82, 2.24) is 10.2 Å². The first-order valence-corrected chi connectivity index (χ1v) is 8.87. The molecule has 1 aliphatic carbocycles. The minimum Gasteiger partial charge on any atom is -0.472 e. The number of hydrogen-bond acceptors (Lipinski definition) is 3. The van der Waals surface area contributed by atoms with E-state index in [-0.39, 0.29) is 23.7 Å². The van der Waals surface area contributed by atoms with E-state index in [2.05, 4.69) is 17.4 Å². The van der Waals surface area contributed by atoms with E-state index in [4.69, 9.17) is 4.42 Å². The van der Waals surface area contributed by atoms with Gasteiger partial charge in [0.05, 0.1) is 17.7 Å². The number of likely N-dealkylation sites (tertiary alicyclic amines) is 1. The van der Waals surface area contributed by atoms with Gasteiger partial charge in [0.25, 0.3) is 5.91 Å². The fraction of sp³-hybridized carbons (Fsp3) is 0.400. The summed E-state index contributed by atoms with van der Waals surface area (Å²) in [4.78, 5) is 27.2. The Morgan fingerprint density at radius 1 is 1.08 bits per heavy atom. The number of furan rings is 1. The molecule has 0 radical (unpaired) electrons. The molecule has 0 spiro atoms. The minimum atomic E-state index is -0.171. The third-order valence-electron chi connectivity index (χ3n) is 5.07. The largest absolute Gasteiger partial charge is 0.472 e. The standard InChI is InChI=1S/C20H22N2O3/c23-19(21-18-6-7-18)17-10-16(14-4-2-1-3-5-14)11-22(12-17)20(24)15-8-9-25-13-15/h1-5,8-9,13,16-18H,6-7,10-12H2,(H,21,23). The first kappa shape index (κ1) is 15.9. The summed E-state index contributed by atoms with van der Waals surface area (Å²) < 4.78 is 5.05. The molecule has 2 heterocycles. The highest BCUT2D eigenvalue weighted by Crippen LogP contribution is 2.32.